The van der Waals surface area contributed by atoms with Crippen LogP contribution in [-0.2, 0) is 9.47 Å². The molecule has 0 unspecified atom stereocenters. The molecule has 138 valence electrons. The number of piperazine rings is 1. The molecule has 0 radical (unpaired) electrons. The Morgan fingerprint density at radius 3 is 1.88 bits per heavy atom. The number of carbonyl (C=O) groups is 2. The summed E-state index contributed by atoms with van der Waals surface area (Å²) >= 11 is 0. The molecular weight excluding hydrogens is 312 g/mol. The van der Waals surface area contributed by atoms with Crippen LogP contribution in [-0.4, -0.2) is 72.4 Å². The van der Waals surface area contributed by atoms with Gasteiger partial charge >= 0.3 is 12.2 Å². The van der Waals surface area contributed by atoms with Gasteiger partial charge in [0.1, 0.15) is 11.2 Å². The average molecular weight is 342 g/mol. The van der Waals surface area contributed by atoms with E-state index in [1.165, 1.54) is 0 Å². The van der Waals surface area contributed by atoms with Gasteiger partial charge in [-0.1, -0.05) is 0 Å². The highest BCUT2D eigenvalue weighted by Crippen LogP contribution is 2.10. The van der Waals surface area contributed by atoms with Gasteiger partial charge in [0.2, 0.25) is 5.96 Å². The van der Waals surface area contributed by atoms with E-state index in [1.54, 1.807) is 41.5 Å². The Balaban J connectivity index is 2.86. The highest BCUT2D eigenvalue weighted by molar-refractivity contribution is 5.99. The van der Waals surface area contributed by atoms with E-state index in [1.807, 2.05) is 11.9 Å². The molecule has 8 nitrogen and oxygen atoms in total. The van der Waals surface area contributed by atoms with E-state index < -0.39 is 23.4 Å². The lowest BCUT2D eigenvalue weighted by Crippen LogP contribution is -2.53. The number of aliphatic imine (C=N–C) groups is 1. The van der Waals surface area contributed by atoms with Crippen molar-refractivity contribution in [3.05, 3.63) is 0 Å². The second-order valence-corrected chi connectivity index (χ2v) is 7.83. The molecule has 1 aliphatic heterocycles. The second-order valence-electron chi connectivity index (χ2n) is 7.83. The van der Waals surface area contributed by atoms with Crippen LogP contribution >= 0.6 is 0 Å². The smallest absolute Gasteiger partial charge is 0.437 e. The number of hydrogen-bond acceptors (Lipinski definition) is 5. The molecule has 24 heavy (non-hydrogen) atoms. The Bertz CT molecular complexity index is 483. The van der Waals surface area contributed by atoms with Crippen molar-refractivity contribution in [1.82, 2.24) is 15.1 Å². The summed E-state index contributed by atoms with van der Waals surface area (Å²) in [7, 11) is 2.02. The SMILES string of the molecule is CN1CCN(/C(=N/C(=O)OC(C)(C)C)NC(=O)OC(C)(C)C)CC1. The van der Waals surface area contributed by atoms with Crippen molar-refractivity contribution < 1.29 is 19.1 Å². The highest BCUT2D eigenvalue weighted by Gasteiger charge is 2.25. The van der Waals surface area contributed by atoms with E-state index in [4.69, 9.17) is 9.47 Å². The normalized spacial score (nSPS) is 17.5. The third kappa shape index (κ3) is 8.14. The van der Waals surface area contributed by atoms with Gasteiger partial charge in [0.15, 0.2) is 0 Å². The third-order valence-electron chi connectivity index (χ3n) is 3.01. The van der Waals surface area contributed by atoms with Crippen LogP contribution in [0.1, 0.15) is 41.5 Å². The molecule has 1 aliphatic rings. The van der Waals surface area contributed by atoms with Crippen molar-refractivity contribution in [2.24, 2.45) is 4.99 Å². The van der Waals surface area contributed by atoms with Crippen molar-refractivity contribution >= 4 is 18.1 Å². The van der Waals surface area contributed by atoms with Crippen molar-refractivity contribution in [3.63, 3.8) is 0 Å². The summed E-state index contributed by atoms with van der Waals surface area (Å²) in [6.45, 7) is 13.5. The predicted octanol–water partition coefficient (Wildman–Crippen LogP) is 2.05. The average Bonchev–Trinajstić information content (AvgIpc) is 2.34. The van der Waals surface area contributed by atoms with Gasteiger partial charge in [-0.05, 0) is 48.6 Å². The first-order valence-corrected chi connectivity index (χ1v) is 8.11. The van der Waals surface area contributed by atoms with Crippen molar-refractivity contribution in [1.29, 1.82) is 0 Å². The molecule has 0 aromatic carbocycles. The summed E-state index contributed by atoms with van der Waals surface area (Å²) in [6.07, 6.45) is -1.39. The number of rotatable bonds is 0. The van der Waals surface area contributed by atoms with Gasteiger partial charge in [0.05, 0.1) is 0 Å². The van der Waals surface area contributed by atoms with Crippen LogP contribution in [0.3, 0.4) is 0 Å². The molecule has 0 spiro atoms. The fraction of sp³-hybridized carbons (Fsp3) is 0.812. The fourth-order valence-corrected chi connectivity index (χ4v) is 1.96. The number of nitrogens with zero attached hydrogens (tertiary/aromatic N) is 3. The predicted molar refractivity (Wildman–Crippen MR) is 92.1 cm³/mol. The molecule has 0 bridgehead atoms. The summed E-state index contributed by atoms with van der Waals surface area (Å²) in [5.41, 5.74) is -1.29. The Hall–Kier alpha value is -1.83. The summed E-state index contributed by atoms with van der Waals surface area (Å²) in [5.74, 6) is 0.159. The van der Waals surface area contributed by atoms with Crippen molar-refractivity contribution in [2.75, 3.05) is 33.2 Å². The van der Waals surface area contributed by atoms with E-state index in [9.17, 15) is 9.59 Å². The van der Waals surface area contributed by atoms with Gasteiger partial charge in [0.25, 0.3) is 0 Å². The molecule has 0 saturated carbocycles. The minimum absolute atomic E-state index is 0.159. The molecule has 0 aromatic rings. The van der Waals surface area contributed by atoms with Crippen molar-refractivity contribution in [2.45, 2.75) is 52.7 Å². The van der Waals surface area contributed by atoms with Crippen LogP contribution in [0.25, 0.3) is 0 Å². The lowest BCUT2D eigenvalue weighted by Gasteiger charge is -2.34. The maximum absolute atomic E-state index is 12.0. The summed E-state index contributed by atoms with van der Waals surface area (Å²) in [6, 6.07) is 0. The summed E-state index contributed by atoms with van der Waals surface area (Å²) in [5, 5.41) is 2.57. The monoisotopic (exact) mass is 342 g/mol. The molecule has 1 N–H and O–H groups in total. The van der Waals surface area contributed by atoms with Crippen LogP contribution in [0, 0.1) is 0 Å². The number of nitrogens with one attached hydrogen (secondary N) is 1. The highest BCUT2D eigenvalue weighted by atomic mass is 16.6. The van der Waals surface area contributed by atoms with E-state index >= 15 is 0 Å². The van der Waals surface area contributed by atoms with Crippen molar-refractivity contribution in [3.8, 4) is 0 Å². The molecule has 1 fully saturated rings. The fourth-order valence-electron chi connectivity index (χ4n) is 1.96. The molecule has 0 atom stereocenters. The third-order valence-corrected chi connectivity index (χ3v) is 3.01. The topological polar surface area (TPSA) is 83.5 Å². The molecule has 1 heterocycles. The van der Waals surface area contributed by atoms with Gasteiger partial charge in [-0.3, -0.25) is 5.32 Å². The number of guanidine groups is 1. The number of hydrogen-bond donors (Lipinski definition) is 1. The zero-order valence-electron chi connectivity index (χ0n) is 15.8. The quantitative estimate of drug-likeness (QED) is 0.536. The standard InChI is InChI=1S/C16H30N4O4/c1-15(2,3)23-13(21)17-12(18-14(22)24-16(4,5)6)20-10-8-19(7)9-11-20/h8-11H2,1-7H3,(H,17,18,21,22). The van der Waals surface area contributed by atoms with E-state index in [0.29, 0.717) is 13.1 Å². The number of alkyl carbamates (subject to hydrolysis) is 1. The minimum Gasteiger partial charge on any atom is -0.444 e. The Morgan fingerprint density at radius 1 is 0.917 bits per heavy atom. The molecule has 1 saturated heterocycles. The molecular formula is C16H30N4O4. The maximum Gasteiger partial charge on any atom is 0.437 e. The first kappa shape index (κ1) is 20.2. The van der Waals surface area contributed by atoms with E-state index in [-0.39, 0.29) is 5.96 Å². The van der Waals surface area contributed by atoms with Crippen LogP contribution in [0.4, 0.5) is 9.59 Å². The van der Waals surface area contributed by atoms with Gasteiger partial charge in [0, 0.05) is 26.2 Å². The maximum atomic E-state index is 12.0. The zero-order valence-corrected chi connectivity index (χ0v) is 15.8. The largest absolute Gasteiger partial charge is 0.444 e. The Labute approximate surface area is 144 Å². The summed E-state index contributed by atoms with van der Waals surface area (Å²) < 4.78 is 10.4. The van der Waals surface area contributed by atoms with Crippen LogP contribution in [0.5, 0.6) is 0 Å². The molecule has 8 heteroatoms. The first-order valence-electron chi connectivity index (χ1n) is 8.11. The second kappa shape index (κ2) is 7.83. The van der Waals surface area contributed by atoms with Crippen LogP contribution in [0.15, 0.2) is 4.99 Å². The van der Waals surface area contributed by atoms with Gasteiger partial charge < -0.3 is 19.3 Å². The van der Waals surface area contributed by atoms with Gasteiger partial charge in [-0.2, -0.15) is 0 Å². The molecule has 0 aliphatic carbocycles. The minimum atomic E-state index is -0.743. The van der Waals surface area contributed by atoms with Crippen LogP contribution < -0.4 is 5.32 Å². The number of likely N-dealkylation sites (N-methyl/N-ethyl adjacent to an activating group) is 1. The Kier molecular flexibility index (Phi) is 6.59. The molecule has 0 aromatic heterocycles. The van der Waals surface area contributed by atoms with E-state index in [0.717, 1.165) is 13.1 Å². The first-order chi connectivity index (χ1) is 10.9. The summed E-state index contributed by atoms with van der Waals surface area (Å²) in [4.78, 5) is 32.0. The zero-order chi connectivity index (χ0) is 18.5. The van der Waals surface area contributed by atoms with Crippen LogP contribution in [0.2, 0.25) is 0 Å². The van der Waals surface area contributed by atoms with Gasteiger partial charge in [-0.25, -0.2) is 9.59 Å². The molecule has 2 amide bonds. The number of amides is 2. The van der Waals surface area contributed by atoms with Gasteiger partial charge in [-0.15, -0.1) is 4.99 Å². The molecule has 1 rings (SSSR count). The number of carbonyl (C=O) groups excluding carboxylic acids is 2. The Morgan fingerprint density at radius 2 is 1.42 bits per heavy atom. The van der Waals surface area contributed by atoms with E-state index in [2.05, 4.69) is 15.2 Å². The number of ether oxygens (including phenoxy) is 2. The lowest BCUT2D eigenvalue weighted by atomic mass is 10.2. The lowest BCUT2D eigenvalue weighted by molar-refractivity contribution is 0.0551.